The van der Waals surface area contributed by atoms with E-state index < -0.39 is 6.10 Å². The summed E-state index contributed by atoms with van der Waals surface area (Å²) in [6, 6.07) is 7.38. The van der Waals surface area contributed by atoms with E-state index in [1.807, 2.05) is 24.3 Å². The van der Waals surface area contributed by atoms with Crippen LogP contribution in [0.1, 0.15) is 24.2 Å². The lowest BCUT2D eigenvalue weighted by Gasteiger charge is -2.14. The molecular formula is C11H17NO2. The van der Waals surface area contributed by atoms with Crippen LogP contribution in [0, 0.1) is 0 Å². The van der Waals surface area contributed by atoms with Gasteiger partial charge in [-0.05, 0) is 18.1 Å². The van der Waals surface area contributed by atoms with E-state index in [9.17, 15) is 5.11 Å². The Bertz CT molecular complexity index is 269. The van der Waals surface area contributed by atoms with Gasteiger partial charge in [0.1, 0.15) is 0 Å². The molecule has 0 amide bonds. The quantitative estimate of drug-likeness (QED) is 0.759. The highest BCUT2D eigenvalue weighted by Crippen LogP contribution is 2.16. The number of hydrogen-bond acceptors (Lipinski definition) is 3. The van der Waals surface area contributed by atoms with Crippen LogP contribution in [0.2, 0.25) is 0 Å². The number of benzene rings is 1. The monoisotopic (exact) mass is 195 g/mol. The summed E-state index contributed by atoms with van der Waals surface area (Å²) in [4.78, 5) is 0. The number of aliphatic hydroxyl groups is 1. The molecule has 1 aromatic carbocycles. The van der Waals surface area contributed by atoms with Crippen LogP contribution in [0.5, 0.6) is 0 Å². The third-order valence-electron chi connectivity index (χ3n) is 2.13. The zero-order valence-corrected chi connectivity index (χ0v) is 8.60. The largest absolute Gasteiger partial charge is 0.387 e. The Labute approximate surface area is 84.5 Å². The van der Waals surface area contributed by atoms with Gasteiger partial charge in [-0.25, -0.2) is 0 Å². The minimum Gasteiger partial charge on any atom is -0.387 e. The Kier molecular flexibility index (Phi) is 4.07. The molecule has 0 radical (unpaired) electrons. The van der Waals surface area contributed by atoms with Crippen molar-refractivity contribution in [3.05, 3.63) is 35.4 Å². The number of rotatable bonds is 4. The summed E-state index contributed by atoms with van der Waals surface area (Å²) in [6.07, 6.45) is -0.591. The van der Waals surface area contributed by atoms with Gasteiger partial charge >= 0.3 is 0 Å². The van der Waals surface area contributed by atoms with Crippen LogP contribution in [0.4, 0.5) is 0 Å². The van der Waals surface area contributed by atoms with Gasteiger partial charge in [-0.1, -0.05) is 24.3 Å². The molecule has 1 aromatic rings. The summed E-state index contributed by atoms with van der Waals surface area (Å²) >= 11 is 0. The van der Waals surface area contributed by atoms with E-state index >= 15 is 0 Å². The summed E-state index contributed by atoms with van der Waals surface area (Å²) in [5.74, 6) is 0. The Morgan fingerprint density at radius 2 is 1.93 bits per heavy atom. The van der Waals surface area contributed by atoms with Gasteiger partial charge in [-0.15, -0.1) is 0 Å². The first-order valence-corrected chi connectivity index (χ1v) is 4.66. The maximum absolute atomic E-state index is 9.66. The lowest BCUT2D eigenvalue weighted by atomic mass is 10.0. The smallest absolute Gasteiger partial charge is 0.0938 e. The second-order valence-corrected chi connectivity index (χ2v) is 3.48. The zero-order chi connectivity index (χ0) is 10.6. The number of nitrogens with two attached hydrogens (primary N) is 1. The van der Waals surface area contributed by atoms with E-state index in [-0.39, 0.29) is 6.04 Å². The first-order valence-electron chi connectivity index (χ1n) is 4.66. The molecule has 0 bridgehead atoms. The highest BCUT2D eigenvalue weighted by molar-refractivity contribution is 5.24. The van der Waals surface area contributed by atoms with Crippen molar-refractivity contribution >= 4 is 0 Å². The number of ether oxygens (including phenoxy) is 1. The third-order valence-corrected chi connectivity index (χ3v) is 2.13. The molecule has 0 heterocycles. The fraction of sp³-hybridized carbons (Fsp3) is 0.455. The molecule has 0 aliphatic carbocycles. The maximum atomic E-state index is 9.66. The average Bonchev–Trinajstić information content (AvgIpc) is 2.18. The highest BCUT2D eigenvalue weighted by atomic mass is 16.5. The van der Waals surface area contributed by atoms with E-state index in [1.54, 1.807) is 14.0 Å². The van der Waals surface area contributed by atoms with Crippen LogP contribution in [-0.2, 0) is 11.3 Å². The van der Waals surface area contributed by atoms with Crippen LogP contribution in [-0.4, -0.2) is 18.3 Å². The first-order chi connectivity index (χ1) is 6.65. The predicted molar refractivity (Wildman–Crippen MR) is 55.8 cm³/mol. The van der Waals surface area contributed by atoms with Gasteiger partial charge in [0.15, 0.2) is 0 Å². The predicted octanol–water partition coefficient (Wildman–Crippen LogP) is 1.21. The summed E-state index contributed by atoms with van der Waals surface area (Å²) in [6.45, 7) is 2.38. The van der Waals surface area contributed by atoms with Crippen LogP contribution in [0.25, 0.3) is 0 Å². The van der Waals surface area contributed by atoms with E-state index in [0.717, 1.165) is 11.1 Å². The van der Waals surface area contributed by atoms with Gasteiger partial charge in [0.2, 0.25) is 0 Å². The lowest BCUT2D eigenvalue weighted by Crippen LogP contribution is -2.24. The van der Waals surface area contributed by atoms with Gasteiger partial charge in [-0.2, -0.15) is 0 Å². The molecule has 3 nitrogen and oxygen atoms in total. The summed E-state index contributed by atoms with van der Waals surface area (Å²) in [5.41, 5.74) is 7.53. The van der Waals surface area contributed by atoms with Crippen molar-refractivity contribution in [2.24, 2.45) is 5.73 Å². The van der Waals surface area contributed by atoms with Gasteiger partial charge in [0.05, 0.1) is 12.7 Å². The number of hydrogen-bond donors (Lipinski definition) is 2. The van der Waals surface area contributed by atoms with Gasteiger partial charge in [0, 0.05) is 13.2 Å². The molecule has 0 aromatic heterocycles. The molecule has 1 rings (SSSR count). The minimum absolute atomic E-state index is 0.247. The minimum atomic E-state index is -0.591. The molecule has 2 atom stereocenters. The van der Waals surface area contributed by atoms with Crippen LogP contribution >= 0.6 is 0 Å². The van der Waals surface area contributed by atoms with Crippen molar-refractivity contribution in [1.29, 1.82) is 0 Å². The fourth-order valence-corrected chi connectivity index (χ4v) is 1.28. The van der Waals surface area contributed by atoms with Crippen molar-refractivity contribution in [2.75, 3.05) is 7.11 Å². The molecule has 0 fully saturated rings. The Morgan fingerprint density at radius 3 is 2.36 bits per heavy atom. The third kappa shape index (κ3) is 2.80. The first kappa shape index (κ1) is 11.2. The Balaban J connectivity index is 2.72. The Hall–Kier alpha value is -0.900. The molecule has 2 unspecified atom stereocenters. The standard InChI is InChI=1S/C11H17NO2/c1-8(12)11(13)10-5-3-9(4-6-10)7-14-2/h3-6,8,11,13H,7,12H2,1-2H3. The summed E-state index contributed by atoms with van der Waals surface area (Å²) in [7, 11) is 1.66. The maximum Gasteiger partial charge on any atom is 0.0938 e. The molecule has 0 saturated heterocycles. The van der Waals surface area contributed by atoms with Crippen LogP contribution in [0.15, 0.2) is 24.3 Å². The normalized spacial score (nSPS) is 15.1. The van der Waals surface area contributed by atoms with E-state index in [0.29, 0.717) is 6.61 Å². The van der Waals surface area contributed by atoms with Crippen molar-refractivity contribution in [2.45, 2.75) is 25.7 Å². The molecule has 0 spiro atoms. The zero-order valence-electron chi connectivity index (χ0n) is 8.60. The van der Waals surface area contributed by atoms with Gasteiger partial charge < -0.3 is 15.6 Å². The molecular weight excluding hydrogens is 178 g/mol. The second-order valence-electron chi connectivity index (χ2n) is 3.48. The van der Waals surface area contributed by atoms with Crippen molar-refractivity contribution < 1.29 is 9.84 Å². The van der Waals surface area contributed by atoms with Crippen molar-refractivity contribution in [3.8, 4) is 0 Å². The summed E-state index contributed by atoms with van der Waals surface area (Å²) in [5, 5.41) is 9.66. The fourth-order valence-electron chi connectivity index (χ4n) is 1.28. The average molecular weight is 195 g/mol. The molecule has 0 saturated carbocycles. The highest BCUT2D eigenvalue weighted by Gasteiger charge is 2.11. The number of aliphatic hydroxyl groups excluding tert-OH is 1. The van der Waals surface area contributed by atoms with Gasteiger partial charge in [0.25, 0.3) is 0 Å². The number of methoxy groups -OCH3 is 1. The van der Waals surface area contributed by atoms with Crippen LogP contribution in [0.3, 0.4) is 0 Å². The summed E-state index contributed by atoms with van der Waals surface area (Å²) < 4.78 is 4.99. The van der Waals surface area contributed by atoms with Gasteiger partial charge in [-0.3, -0.25) is 0 Å². The topological polar surface area (TPSA) is 55.5 Å². The van der Waals surface area contributed by atoms with Crippen LogP contribution < -0.4 is 5.73 Å². The lowest BCUT2D eigenvalue weighted by molar-refractivity contribution is 0.153. The molecule has 3 heteroatoms. The Morgan fingerprint density at radius 1 is 1.36 bits per heavy atom. The van der Waals surface area contributed by atoms with E-state index in [1.165, 1.54) is 0 Å². The molecule has 14 heavy (non-hydrogen) atoms. The molecule has 3 N–H and O–H groups in total. The molecule has 78 valence electrons. The van der Waals surface area contributed by atoms with E-state index in [4.69, 9.17) is 10.5 Å². The van der Waals surface area contributed by atoms with Crippen molar-refractivity contribution in [1.82, 2.24) is 0 Å². The second kappa shape index (κ2) is 5.10. The molecule has 0 aliphatic rings. The van der Waals surface area contributed by atoms with E-state index in [2.05, 4.69) is 0 Å². The molecule has 0 aliphatic heterocycles. The SMILES string of the molecule is COCc1ccc(C(O)C(C)N)cc1. The van der Waals surface area contributed by atoms with Crippen molar-refractivity contribution in [3.63, 3.8) is 0 Å².